The summed E-state index contributed by atoms with van der Waals surface area (Å²) in [6.07, 6.45) is 1.04. The molecule has 0 atom stereocenters. The van der Waals surface area contributed by atoms with Crippen LogP contribution in [0.3, 0.4) is 0 Å². The molecule has 0 amide bonds. The maximum absolute atomic E-state index is 3.94. The molecule has 58 valence electrons. The highest BCUT2D eigenvalue weighted by Gasteiger charge is 2.17. The van der Waals surface area contributed by atoms with E-state index in [2.05, 4.69) is 40.9 Å². The van der Waals surface area contributed by atoms with Crippen LogP contribution in [0.4, 0.5) is 0 Å². The minimum atomic E-state index is 0.228. The Hall–Kier alpha value is -0.520. The van der Waals surface area contributed by atoms with Gasteiger partial charge in [0.25, 0.3) is 0 Å². The summed E-state index contributed by atoms with van der Waals surface area (Å²) in [5, 5.41) is 0. The summed E-state index contributed by atoms with van der Waals surface area (Å²) in [5.41, 5.74) is 2.69. The second-order valence-electron chi connectivity index (χ2n) is 3.80. The average Bonchev–Trinajstić information content (AvgIpc) is 1.60. The summed E-state index contributed by atoms with van der Waals surface area (Å²) >= 11 is 0. The SMILES string of the molecule is C=C(C)CC(C)(C)C(=C)C. The van der Waals surface area contributed by atoms with Crippen LogP contribution in [-0.2, 0) is 0 Å². The Labute approximate surface area is 64.6 Å². The molecule has 0 radical (unpaired) electrons. The molecule has 0 saturated heterocycles. The molecule has 0 aromatic carbocycles. The summed E-state index contributed by atoms with van der Waals surface area (Å²) in [7, 11) is 0. The predicted molar refractivity (Wildman–Crippen MR) is 48.0 cm³/mol. The number of hydrogen-bond donors (Lipinski definition) is 0. The Balaban J connectivity index is 4.13. The lowest BCUT2D eigenvalue weighted by molar-refractivity contribution is 0.444. The van der Waals surface area contributed by atoms with Crippen LogP contribution in [0.1, 0.15) is 34.1 Å². The maximum Gasteiger partial charge on any atom is -0.0113 e. The van der Waals surface area contributed by atoms with Crippen molar-refractivity contribution in [1.29, 1.82) is 0 Å². The predicted octanol–water partition coefficient (Wildman–Crippen LogP) is 3.55. The van der Waals surface area contributed by atoms with E-state index in [1.807, 2.05) is 0 Å². The van der Waals surface area contributed by atoms with Crippen LogP contribution in [0, 0.1) is 5.41 Å². The molecule has 0 aromatic heterocycles. The van der Waals surface area contributed by atoms with Gasteiger partial charge < -0.3 is 0 Å². The van der Waals surface area contributed by atoms with Crippen LogP contribution in [0.5, 0.6) is 0 Å². The van der Waals surface area contributed by atoms with E-state index in [0.29, 0.717) is 0 Å². The Kier molecular flexibility index (Phi) is 2.89. The summed E-state index contributed by atoms with van der Waals surface area (Å²) in [4.78, 5) is 0. The molecule has 0 aliphatic heterocycles. The van der Waals surface area contributed by atoms with Crippen LogP contribution >= 0.6 is 0 Å². The lowest BCUT2D eigenvalue weighted by atomic mass is 9.81. The van der Waals surface area contributed by atoms with E-state index in [4.69, 9.17) is 0 Å². The number of hydrogen-bond acceptors (Lipinski definition) is 0. The Bertz CT molecular complexity index is 149. The van der Waals surface area contributed by atoms with Gasteiger partial charge in [-0.2, -0.15) is 0 Å². The van der Waals surface area contributed by atoms with E-state index in [1.165, 1.54) is 11.1 Å². The van der Waals surface area contributed by atoms with Gasteiger partial charge in [-0.3, -0.25) is 0 Å². The standard InChI is InChI=1S/C10H18/c1-8(2)7-10(5,6)9(3)4/h1,3,7H2,2,4-6H3. The van der Waals surface area contributed by atoms with Gasteiger partial charge in [-0.25, -0.2) is 0 Å². The van der Waals surface area contributed by atoms with Crippen molar-refractivity contribution >= 4 is 0 Å². The summed E-state index contributed by atoms with van der Waals surface area (Å²) in [6, 6.07) is 0. The highest BCUT2D eigenvalue weighted by atomic mass is 14.2. The number of allylic oxidation sites excluding steroid dienone is 2. The first-order valence-electron chi connectivity index (χ1n) is 3.66. The van der Waals surface area contributed by atoms with Crippen molar-refractivity contribution < 1.29 is 0 Å². The fourth-order valence-electron chi connectivity index (χ4n) is 0.905. The minimum Gasteiger partial charge on any atom is -0.100 e. The molecule has 0 nitrogen and oxygen atoms in total. The summed E-state index contributed by atoms with van der Waals surface area (Å²) < 4.78 is 0. The molecule has 0 aliphatic rings. The molecule has 0 fully saturated rings. The molecule has 0 saturated carbocycles. The molecule has 0 heteroatoms. The molecular formula is C10H18. The van der Waals surface area contributed by atoms with Crippen LogP contribution in [0.15, 0.2) is 24.3 Å². The van der Waals surface area contributed by atoms with Crippen LogP contribution < -0.4 is 0 Å². The Morgan fingerprint density at radius 2 is 1.60 bits per heavy atom. The molecule has 0 aromatic rings. The van der Waals surface area contributed by atoms with Gasteiger partial charge in [-0.1, -0.05) is 31.6 Å². The second kappa shape index (κ2) is 3.05. The highest BCUT2D eigenvalue weighted by Crippen LogP contribution is 2.30. The van der Waals surface area contributed by atoms with Gasteiger partial charge in [-0.05, 0) is 25.7 Å². The average molecular weight is 138 g/mol. The third kappa shape index (κ3) is 2.86. The molecule has 0 spiro atoms. The molecule has 0 rings (SSSR count). The molecule has 10 heavy (non-hydrogen) atoms. The van der Waals surface area contributed by atoms with Gasteiger partial charge in [0.1, 0.15) is 0 Å². The van der Waals surface area contributed by atoms with Crippen molar-refractivity contribution in [3.05, 3.63) is 24.3 Å². The smallest absolute Gasteiger partial charge is 0.0113 e. The van der Waals surface area contributed by atoms with Crippen molar-refractivity contribution in [3.8, 4) is 0 Å². The zero-order chi connectivity index (χ0) is 8.36. The lowest BCUT2D eigenvalue weighted by Crippen LogP contribution is -2.12. The highest BCUT2D eigenvalue weighted by molar-refractivity contribution is 5.08. The van der Waals surface area contributed by atoms with Gasteiger partial charge >= 0.3 is 0 Å². The first kappa shape index (κ1) is 9.48. The summed E-state index contributed by atoms with van der Waals surface area (Å²) in [5.74, 6) is 0. The van der Waals surface area contributed by atoms with Gasteiger partial charge in [0, 0.05) is 0 Å². The maximum atomic E-state index is 3.94. The van der Waals surface area contributed by atoms with E-state index >= 15 is 0 Å². The van der Waals surface area contributed by atoms with Crippen LogP contribution in [0.2, 0.25) is 0 Å². The van der Waals surface area contributed by atoms with Crippen molar-refractivity contribution in [3.63, 3.8) is 0 Å². The molecule has 0 N–H and O–H groups in total. The topological polar surface area (TPSA) is 0 Å². The fraction of sp³-hybridized carbons (Fsp3) is 0.600. The Morgan fingerprint density at radius 3 is 1.70 bits per heavy atom. The fourth-order valence-corrected chi connectivity index (χ4v) is 0.905. The largest absolute Gasteiger partial charge is 0.100 e. The van der Waals surface area contributed by atoms with Gasteiger partial charge in [0.05, 0.1) is 0 Å². The first-order valence-corrected chi connectivity index (χ1v) is 3.66. The van der Waals surface area contributed by atoms with Crippen LogP contribution in [-0.4, -0.2) is 0 Å². The van der Waals surface area contributed by atoms with Gasteiger partial charge in [-0.15, -0.1) is 6.58 Å². The van der Waals surface area contributed by atoms with E-state index in [0.717, 1.165) is 6.42 Å². The Morgan fingerprint density at radius 1 is 1.20 bits per heavy atom. The molecule has 0 unspecified atom stereocenters. The van der Waals surface area contributed by atoms with Crippen molar-refractivity contribution in [1.82, 2.24) is 0 Å². The molecule has 0 bridgehead atoms. The van der Waals surface area contributed by atoms with E-state index in [1.54, 1.807) is 0 Å². The molecular weight excluding hydrogens is 120 g/mol. The van der Waals surface area contributed by atoms with Crippen molar-refractivity contribution in [2.24, 2.45) is 5.41 Å². The normalized spacial score (nSPS) is 11.2. The molecule has 0 aliphatic carbocycles. The van der Waals surface area contributed by atoms with Gasteiger partial charge in [0.15, 0.2) is 0 Å². The van der Waals surface area contributed by atoms with E-state index < -0.39 is 0 Å². The third-order valence-corrected chi connectivity index (χ3v) is 1.90. The summed E-state index contributed by atoms with van der Waals surface area (Å²) in [6.45, 7) is 16.3. The minimum absolute atomic E-state index is 0.228. The quantitative estimate of drug-likeness (QED) is 0.523. The zero-order valence-corrected chi connectivity index (χ0v) is 7.62. The first-order chi connectivity index (χ1) is 4.36. The van der Waals surface area contributed by atoms with Crippen molar-refractivity contribution in [2.75, 3.05) is 0 Å². The second-order valence-corrected chi connectivity index (χ2v) is 3.80. The van der Waals surface area contributed by atoms with E-state index in [9.17, 15) is 0 Å². The third-order valence-electron chi connectivity index (χ3n) is 1.90. The van der Waals surface area contributed by atoms with Crippen LogP contribution in [0.25, 0.3) is 0 Å². The molecule has 0 heterocycles. The monoisotopic (exact) mass is 138 g/mol. The van der Waals surface area contributed by atoms with Crippen molar-refractivity contribution in [2.45, 2.75) is 34.1 Å². The van der Waals surface area contributed by atoms with Gasteiger partial charge in [0.2, 0.25) is 0 Å². The van der Waals surface area contributed by atoms with E-state index in [-0.39, 0.29) is 5.41 Å². The lowest BCUT2D eigenvalue weighted by Gasteiger charge is -2.24. The zero-order valence-electron chi connectivity index (χ0n) is 7.62. The number of rotatable bonds is 3.